The molecule has 8 nitrogen and oxygen atoms in total. The highest BCUT2D eigenvalue weighted by molar-refractivity contribution is 6.01. The van der Waals surface area contributed by atoms with E-state index < -0.39 is 0 Å². The minimum atomic E-state index is -0.354. The van der Waals surface area contributed by atoms with Crippen LogP contribution >= 0.6 is 0 Å². The Bertz CT molecular complexity index is 1150. The molecule has 1 aromatic carbocycles. The molecular formula is C25H31N5O3. The van der Waals surface area contributed by atoms with Gasteiger partial charge in [-0.3, -0.25) is 14.0 Å². The van der Waals surface area contributed by atoms with E-state index in [4.69, 9.17) is 15.5 Å². The molecule has 0 spiro atoms. The van der Waals surface area contributed by atoms with Crippen LogP contribution in [0.3, 0.4) is 0 Å². The number of ether oxygens (including phenoxy) is 1. The van der Waals surface area contributed by atoms with Crippen molar-refractivity contribution < 1.29 is 14.3 Å². The van der Waals surface area contributed by atoms with Crippen molar-refractivity contribution in [3.05, 3.63) is 53.7 Å². The topological polar surface area (TPSA) is 111 Å². The summed E-state index contributed by atoms with van der Waals surface area (Å²) in [7, 11) is 0. The van der Waals surface area contributed by atoms with E-state index in [1.807, 2.05) is 47.9 Å². The number of benzene rings is 1. The van der Waals surface area contributed by atoms with E-state index in [1.165, 1.54) is 0 Å². The molecule has 1 fully saturated rings. The van der Waals surface area contributed by atoms with E-state index in [0.29, 0.717) is 29.3 Å². The van der Waals surface area contributed by atoms with E-state index >= 15 is 0 Å². The number of esters is 1. The minimum Gasteiger partial charge on any atom is -0.465 e. The molecule has 0 radical (unpaired) electrons. The summed E-state index contributed by atoms with van der Waals surface area (Å²) in [5, 5.41) is 6.33. The summed E-state index contributed by atoms with van der Waals surface area (Å²) in [6.45, 7) is 4.10. The van der Waals surface area contributed by atoms with E-state index in [1.54, 1.807) is 13.0 Å². The number of nitrogens with zero attached hydrogens (tertiary/aromatic N) is 2. The summed E-state index contributed by atoms with van der Waals surface area (Å²) in [4.78, 5) is 30.1. The van der Waals surface area contributed by atoms with Gasteiger partial charge in [-0.05, 0) is 57.2 Å². The lowest BCUT2D eigenvalue weighted by Gasteiger charge is -2.26. The van der Waals surface area contributed by atoms with Gasteiger partial charge < -0.3 is 21.1 Å². The van der Waals surface area contributed by atoms with Gasteiger partial charge in [-0.2, -0.15) is 0 Å². The molecule has 4 N–H and O–H groups in total. The van der Waals surface area contributed by atoms with Crippen molar-refractivity contribution in [2.24, 2.45) is 5.73 Å². The fourth-order valence-corrected chi connectivity index (χ4v) is 4.33. The van der Waals surface area contributed by atoms with Crippen molar-refractivity contribution in [2.75, 3.05) is 18.5 Å². The zero-order valence-electron chi connectivity index (χ0n) is 19.1. The Labute approximate surface area is 193 Å². The molecule has 0 unspecified atom stereocenters. The van der Waals surface area contributed by atoms with Crippen LogP contribution in [-0.4, -0.2) is 46.5 Å². The highest BCUT2D eigenvalue weighted by Crippen LogP contribution is 2.32. The van der Waals surface area contributed by atoms with Crippen LogP contribution in [0.15, 0.2) is 42.6 Å². The van der Waals surface area contributed by atoms with Crippen LogP contribution in [0.5, 0.6) is 0 Å². The SMILES string of the molecule is CCOC(=O)CNc1c(-c2ccccc2C)nc2c(C(=O)NC3CCC(N)CC3)cccn12. The van der Waals surface area contributed by atoms with Crippen LogP contribution in [-0.2, 0) is 9.53 Å². The molecule has 1 aliphatic carbocycles. The summed E-state index contributed by atoms with van der Waals surface area (Å²) in [5.41, 5.74) is 9.69. The van der Waals surface area contributed by atoms with Crippen molar-refractivity contribution in [3.8, 4) is 11.3 Å². The number of hydrogen-bond donors (Lipinski definition) is 3. The van der Waals surface area contributed by atoms with Crippen molar-refractivity contribution in [1.82, 2.24) is 14.7 Å². The summed E-state index contributed by atoms with van der Waals surface area (Å²) in [5.74, 6) is 0.137. The van der Waals surface area contributed by atoms with E-state index in [2.05, 4.69) is 10.6 Å². The largest absolute Gasteiger partial charge is 0.465 e. The van der Waals surface area contributed by atoms with Crippen LogP contribution in [0.1, 0.15) is 48.5 Å². The number of nitrogens with two attached hydrogens (primary N) is 1. The second kappa shape index (κ2) is 10.0. The zero-order chi connectivity index (χ0) is 23.4. The third-order valence-corrected chi connectivity index (χ3v) is 6.11. The number of rotatable bonds is 7. The normalized spacial score (nSPS) is 18.2. The first-order valence-electron chi connectivity index (χ1n) is 11.5. The number of anilines is 1. The molecule has 0 aliphatic heterocycles. The maximum atomic E-state index is 13.2. The van der Waals surface area contributed by atoms with Gasteiger partial charge in [-0.25, -0.2) is 4.98 Å². The second-order valence-electron chi connectivity index (χ2n) is 8.48. The fraction of sp³-hybridized carbons (Fsp3) is 0.400. The van der Waals surface area contributed by atoms with Gasteiger partial charge in [0.2, 0.25) is 0 Å². The molecule has 0 bridgehead atoms. The highest BCUT2D eigenvalue weighted by Gasteiger charge is 2.24. The number of imidazole rings is 1. The molecule has 2 heterocycles. The lowest BCUT2D eigenvalue weighted by molar-refractivity contribution is -0.140. The number of aryl methyl sites for hydroxylation is 1. The van der Waals surface area contributed by atoms with Gasteiger partial charge in [0.05, 0.1) is 12.2 Å². The molecule has 0 atom stereocenters. The van der Waals surface area contributed by atoms with Gasteiger partial charge in [0.1, 0.15) is 18.1 Å². The van der Waals surface area contributed by atoms with Crippen molar-refractivity contribution in [1.29, 1.82) is 0 Å². The van der Waals surface area contributed by atoms with Gasteiger partial charge in [0.25, 0.3) is 5.91 Å². The van der Waals surface area contributed by atoms with Gasteiger partial charge >= 0.3 is 5.97 Å². The Hall–Kier alpha value is -3.39. The third kappa shape index (κ3) is 5.01. The molecular weight excluding hydrogens is 418 g/mol. The van der Waals surface area contributed by atoms with Crippen LogP contribution in [0.4, 0.5) is 5.82 Å². The predicted molar refractivity (Wildman–Crippen MR) is 128 cm³/mol. The van der Waals surface area contributed by atoms with Crippen LogP contribution in [0.25, 0.3) is 16.9 Å². The summed E-state index contributed by atoms with van der Waals surface area (Å²) >= 11 is 0. The lowest BCUT2D eigenvalue weighted by atomic mass is 9.91. The molecule has 4 rings (SSSR count). The molecule has 1 amide bonds. The van der Waals surface area contributed by atoms with Gasteiger partial charge in [-0.15, -0.1) is 0 Å². The Balaban J connectivity index is 1.71. The minimum absolute atomic E-state index is 0.000726. The maximum Gasteiger partial charge on any atom is 0.325 e. The maximum absolute atomic E-state index is 13.2. The summed E-state index contributed by atoms with van der Waals surface area (Å²) in [6, 6.07) is 11.8. The standard InChI is InChI=1S/C25H31N5O3/c1-3-33-21(31)15-27-24-22(19-8-5-4-7-16(19)2)29-23-20(9-6-14-30(23)24)25(32)28-18-12-10-17(26)11-13-18/h4-9,14,17-18,27H,3,10-13,15,26H2,1-2H3,(H,28,32). The molecule has 174 valence electrons. The third-order valence-electron chi connectivity index (χ3n) is 6.11. The number of amides is 1. The number of aromatic nitrogens is 2. The highest BCUT2D eigenvalue weighted by atomic mass is 16.5. The predicted octanol–water partition coefficient (Wildman–Crippen LogP) is 3.28. The summed E-state index contributed by atoms with van der Waals surface area (Å²) < 4.78 is 6.90. The van der Waals surface area contributed by atoms with Crippen molar-refractivity contribution in [3.63, 3.8) is 0 Å². The van der Waals surface area contributed by atoms with E-state index in [9.17, 15) is 9.59 Å². The first-order valence-corrected chi connectivity index (χ1v) is 11.5. The van der Waals surface area contributed by atoms with Crippen LogP contribution < -0.4 is 16.4 Å². The molecule has 3 aromatic rings. The Kier molecular flexibility index (Phi) is 6.93. The number of fused-ring (bicyclic) bond motifs is 1. The number of nitrogens with one attached hydrogen (secondary N) is 2. The van der Waals surface area contributed by atoms with E-state index in [0.717, 1.165) is 36.8 Å². The zero-order valence-corrected chi connectivity index (χ0v) is 19.1. The molecule has 1 saturated carbocycles. The molecule has 33 heavy (non-hydrogen) atoms. The van der Waals surface area contributed by atoms with Crippen LogP contribution in [0, 0.1) is 6.92 Å². The number of pyridine rings is 1. The first kappa shape index (κ1) is 22.8. The quantitative estimate of drug-likeness (QED) is 0.478. The van der Waals surface area contributed by atoms with E-state index in [-0.39, 0.29) is 30.5 Å². The van der Waals surface area contributed by atoms with Crippen LogP contribution in [0.2, 0.25) is 0 Å². The van der Waals surface area contributed by atoms with Crippen molar-refractivity contribution >= 4 is 23.3 Å². The average molecular weight is 450 g/mol. The Morgan fingerprint density at radius 2 is 1.91 bits per heavy atom. The van der Waals surface area contributed by atoms with Gasteiger partial charge in [-0.1, -0.05) is 24.3 Å². The average Bonchev–Trinajstić information content (AvgIpc) is 3.18. The van der Waals surface area contributed by atoms with Gasteiger partial charge in [0, 0.05) is 23.8 Å². The number of carbonyl (C=O) groups excluding carboxylic acids is 2. The molecule has 8 heteroatoms. The molecule has 2 aromatic heterocycles. The number of carbonyl (C=O) groups is 2. The molecule has 1 aliphatic rings. The summed E-state index contributed by atoms with van der Waals surface area (Å²) in [6.07, 6.45) is 5.43. The van der Waals surface area contributed by atoms with Gasteiger partial charge in [0.15, 0.2) is 5.65 Å². The fourth-order valence-electron chi connectivity index (χ4n) is 4.33. The second-order valence-corrected chi connectivity index (χ2v) is 8.48. The smallest absolute Gasteiger partial charge is 0.325 e. The lowest BCUT2D eigenvalue weighted by Crippen LogP contribution is -2.40. The monoisotopic (exact) mass is 449 g/mol. The number of hydrogen-bond acceptors (Lipinski definition) is 6. The first-order chi connectivity index (χ1) is 16.0. The van der Waals surface area contributed by atoms with Crippen molar-refractivity contribution in [2.45, 2.75) is 51.6 Å². The Morgan fingerprint density at radius 3 is 2.64 bits per heavy atom. The molecule has 0 saturated heterocycles. The Morgan fingerprint density at radius 1 is 1.15 bits per heavy atom.